The fourth-order valence-electron chi connectivity index (χ4n) is 3.28. The fraction of sp³-hybridized carbons (Fsp3) is 0.435. The minimum Gasteiger partial charge on any atom is -0.464 e. The van der Waals surface area contributed by atoms with E-state index in [0.717, 1.165) is 37.2 Å². The molecule has 3 rings (SSSR count). The quantitative estimate of drug-likeness (QED) is 0.268. The zero-order valence-corrected chi connectivity index (χ0v) is 18.7. The Bertz CT molecular complexity index is 1060. The molecule has 6 nitrogen and oxygen atoms in total. The van der Waals surface area contributed by atoms with Crippen LogP contribution in [0.25, 0.3) is 10.9 Å². The normalized spacial score (nSPS) is 11.2. The Kier molecular flexibility index (Phi) is 7.74. The monoisotopic (exact) mass is 427 g/mol. The lowest BCUT2D eigenvalue weighted by Gasteiger charge is -2.17. The largest absolute Gasteiger partial charge is 0.464 e. The maximum Gasteiger partial charge on any atom is 0.262 e. The predicted molar refractivity (Wildman–Crippen MR) is 121 cm³/mol. The summed E-state index contributed by atoms with van der Waals surface area (Å²) < 4.78 is 7.28. The Hall–Kier alpha value is -2.54. The first-order chi connectivity index (χ1) is 14.5. The number of carbonyl (C=O) groups is 1. The van der Waals surface area contributed by atoms with Gasteiger partial charge in [0.25, 0.3) is 5.56 Å². The molecule has 0 unspecified atom stereocenters. The summed E-state index contributed by atoms with van der Waals surface area (Å²) in [5.41, 5.74) is 0.633. The molecular weight excluding hydrogens is 398 g/mol. The molecule has 0 N–H and O–H groups in total. The number of benzene rings is 1. The minimum atomic E-state index is -0.0357. The van der Waals surface area contributed by atoms with Crippen molar-refractivity contribution < 1.29 is 9.21 Å². The van der Waals surface area contributed by atoms with Crippen LogP contribution in [0.3, 0.4) is 0 Å². The third-order valence-corrected chi connectivity index (χ3v) is 5.96. The molecule has 2 aromatic heterocycles. The van der Waals surface area contributed by atoms with Crippen LogP contribution >= 0.6 is 11.8 Å². The van der Waals surface area contributed by atoms with E-state index in [4.69, 9.17) is 9.40 Å². The van der Waals surface area contributed by atoms with Gasteiger partial charge in [0.1, 0.15) is 11.5 Å². The second-order valence-corrected chi connectivity index (χ2v) is 8.42. The van der Waals surface area contributed by atoms with E-state index in [1.54, 1.807) is 16.5 Å². The molecule has 160 valence electrons. The summed E-state index contributed by atoms with van der Waals surface area (Å²) in [5, 5.41) is 1.22. The second-order valence-electron chi connectivity index (χ2n) is 7.48. The van der Waals surface area contributed by atoms with Crippen molar-refractivity contribution in [3.05, 3.63) is 58.3 Å². The van der Waals surface area contributed by atoms with Gasteiger partial charge in [0.15, 0.2) is 5.16 Å². The maximum absolute atomic E-state index is 13.0. The summed E-state index contributed by atoms with van der Waals surface area (Å²) >= 11 is 1.32. The lowest BCUT2D eigenvalue weighted by atomic mass is 10.2. The first-order valence-corrected chi connectivity index (χ1v) is 11.4. The van der Waals surface area contributed by atoms with Gasteiger partial charge in [0, 0.05) is 13.6 Å². The summed E-state index contributed by atoms with van der Waals surface area (Å²) in [5.74, 6) is 1.77. The van der Waals surface area contributed by atoms with E-state index in [2.05, 4.69) is 6.92 Å². The second kappa shape index (κ2) is 10.5. The Morgan fingerprint density at radius 3 is 2.70 bits per heavy atom. The standard InChI is InChI=1S/C23H29N3O3S/c1-4-5-6-9-14-26-22(28)19-10-7-8-11-20(19)24-23(26)30-16-21(27)25(3)15-18-13-12-17(2)29-18/h7-8,10-13H,4-6,9,14-16H2,1-3H3. The highest BCUT2D eigenvalue weighted by Crippen LogP contribution is 2.19. The van der Waals surface area contributed by atoms with Crippen LogP contribution in [0.2, 0.25) is 0 Å². The van der Waals surface area contributed by atoms with Crippen LogP contribution in [0.5, 0.6) is 0 Å². The molecule has 1 amide bonds. The van der Waals surface area contributed by atoms with Crippen LogP contribution in [-0.4, -0.2) is 33.2 Å². The van der Waals surface area contributed by atoms with Gasteiger partial charge in [-0.3, -0.25) is 14.2 Å². The number of carbonyl (C=O) groups excluding carboxylic acids is 1. The topological polar surface area (TPSA) is 68.3 Å². The molecule has 0 fully saturated rings. The number of amides is 1. The molecule has 0 atom stereocenters. The van der Waals surface area contributed by atoms with E-state index in [-0.39, 0.29) is 17.2 Å². The summed E-state index contributed by atoms with van der Waals surface area (Å²) in [7, 11) is 1.76. The zero-order chi connectivity index (χ0) is 21.5. The van der Waals surface area contributed by atoms with Crippen LogP contribution in [0.15, 0.2) is 50.8 Å². The van der Waals surface area contributed by atoms with Crippen molar-refractivity contribution in [1.82, 2.24) is 14.5 Å². The Labute approximate surface area is 181 Å². The Morgan fingerprint density at radius 1 is 1.17 bits per heavy atom. The van der Waals surface area contributed by atoms with Gasteiger partial charge in [0.05, 0.1) is 23.2 Å². The van der Waals surface area contributed by atoms with E-state index in [9.17, 15) is 9.59 Å². The summed E-state index contributed by atoms with van der Waals surface area (Å²) in [4.78, 5) is 32.0. The van der Waals surface area contributed by atoms with E-state index in [1.807, 2.05) is 43.3 Å². The molecule has 0 radical (unpaired) electrons. The summed E-state index contributed by atoms with van der Waals surface area (Å²) in [6.45, 7) is 5.08. The van der Waals surface area contributed by atoms with Crippen molar-refractivity contribution in [3.63, 3.8) is 0 Å². The van der Waals surface area contributed by atoms with Crippen LogP contribution < -0.4 is 5.56 Å². The van der Waals surface area contributed by atoms with Crippen molar-refractivity contribution in [2.24, 2.45) is 0 Å². The number of hydrogen-bond donors (Lipinski definition) is 0. The molecule has 2 heterocycles. The molecule has 7 heteroatoms. The van der Waals surface area contributed by atoms with Crippen LogP contribution in [0, 0.1) is 6.92 Å². The molecule has 0 aliphatic heterocycles. The van der Waals surface area contributed by atoms with Crippen LogP contribution in [0.1, 0.15) is 44.1 Å². The molecular formula is C23H29N3O3S. The molecule has 0 spiro atoms. The van der Waals surface area contributed by atoms with Gasteiger partial charge in [-0.1, -0.05) is 50.1 Å². The van der Waals surface area contributed by atoms with Crippen molar-refractivity contribution in [1.29, 1.82) is 0 Å². The number of unbranched alkanes of at least 4 members (excludes halogenated alkanes) is 3. The van der Waals surface area contributed by atoms with Crippen molar-refractivity contribution >= 4 is 28.6 Å². The lowest BCUT2D eigenvalue weighted by Crippen LogP contribution is -2.28. The van der Waals surface area contributed by atoms with Gasteiger partial charge in [-0.25, -0.2) is 4.98 Å². The molecule has 0 aliphatic carbocycles. The fourth-order valence-corrected chi connectivity index (χ4v) is 4.25. The van der Waals surface area contributed by atoms with Gasteiger partial charge in [-0.15, -0.1) is 0 Å². The highest BCUT2D eigenvalue weighted by Gasteiger charge is 2.16. The average Bonchev–Trinajstić information content (AvgIpc) is 3.15. The van der Waals surface area contributed by atoms with Crippen molar-refractivity contribution in [3.8, 4) is 0 Å². The molecule has 0 saturated heterocycles. The van der Waals surface area contributed by atoms with E-state index in [0.29, 0.717) is 29.1 Å². The summed E-state index contributed by atoms with van der Waals surface area (Å²) in [6, 6.07) is 11.2. The molecule has 1 aromatic carbocycles. The zero-order valence-electron chi connectivity index (χ0n) is 17.9. The molecule has 0 bridgehead atoms. The third-order valence-electron chi connectivity index (χ3n) is 5.00. The third kappa shape index (κ3) is 5.53. The van der Waals surface area contributed by atoms with Crippen LogP contribution in [0.4, 0.5) is 0 Å². The molecule has 3 aromatic rings. The van der Waals surface area contributed by atoms with E-state index >= 15 is 0 Å². The predicted octanol–water partition coefficient (Wildman–Crippen LogP) is 4.63. The van der Waals surface area contributed by atoms with E-state index in [1.165, 1.54) is 11.8 Å². The lowest BCUT2D eigenvalue weighted by molar-refractivity contribution is -0.127. The highest BCUT2D eigenvalue weighted by molar-refractivity contribution is 7.99. The number of hydrogen-bond acceptors (Lipinski definition) is 5. The Balaban J connectivity index is 1.74. The van der Waals surface area contributed by atoms with E-state index < -0.39 is 0 Å². The Morgan fingerprint density at radius 2 is 1.97 bits per heavy atom. The van der Waals surface area contributed by atoms with Gasteiger partial charge >= 0.3 is 0 Å². The SMILES string of the molecule is CCCCCCn1c(SCC(=O)N(C)Cc2ccc(C)o2)nc2ccccc2c1=O. The maximum atomic E-state index is 13.0. The van der Waals surface area contributed by atoms with Gasteiger partial charge < -0.3 is 9.32 Å². The first-order valence-electron chi connectivity index (χ1n) is 10.4. The van der Waals surface area contributed by atoms with Crippen molar-refractivity contribution in [2.75, 3.05) is 12.8 Å². The number of rotatable bonds is 10. The van der Waals surface area contributed by atoms with Gasteiger partial charge in [-0.2, -0.15) is 0 Å². The molecule has 30 heavy (non-hydrogen) atoms. The van der Waals surface area contributed by atoms with Crippen LogP contribution in [-0.2, 0) is 17.9 Å². The van der Waals surface area contributed by atoms with Crippen molar-refractivity contribution in [2.45, 2.75) is 57.8 Å². The summed E-state index contributed by atoms with van der Waals surface area (Å²) in [6.07, 6.45) is 4.29. The minimum absolute atomic E-state index is 0.0333. The first kappa shape index (κ1) is 22.2. The number of thioether (sulfide) groups is 1. The average molecular weight is 428 g/mol. The highest BCUT2D eigenvalue weighted by atomic mass is 32.2. The number of furan rings is 1. The smallest absolute Gasteiger partial charge is 0.262 e. The molecule has 0 aliphatic rings. The van der Waals surface area contributed by atoms with Gasteiger partial charge in [0.2, 0.25) is 5.91 Å². The number of nitrogens with zero attached hydrogens (tertiary/aromatic N) is 3. The number of para-hydroxylation sites is 1. The number of aryl methyl sites for hydroxylation is 1. The molecule has 0 saturated carbocycles. The number of aromatic nitrogens is 2. The van der Waals surface area contributed by atoms with Gasteiger partial charge in [-0.05, 0) is 37.6 Å². The number of fused-ring (bicyclic) bond motifs is 1.